The van der Waals surface area contributed by atoms with Gasteiger partial charge in [-0.3, -0.25) is 4.79 Å². The molecule has 1 saturated carbocycles. The second-order valence-electron chi connectivity index (χ2n) is 6.07. The van der Waals surface area contributed by atoms with E-state index < -0.39 is 0 Å². The van der Waals surface area contributed by atoms with Crippen LogP contribution in [0.2, 0.25) is 0 Å². The van der Waals surface area contributed by atoms with Crippen molar-refractivity contribution in [1.82, 2.24) is 19.7 Å². The molecule has 8 nitrogen and oxygen atoms in total. The molecule has 0 spiro atoms. The summed E-state index contributed by atoms with van der Waals surface area (Å²) in [7, 11) is 0. The Morgan fingerprint density at radius 1 is 1.25 bits per heavy atom. The molecule has 2 atom stereocenters. The van der Waals surface area contributed by atoms with Crippen molar-refractivity contribution in [2.45, 2.75) is 30.8 Å². The molecule has 3 heterocycles. The summed E-state index contributed by atoms with van der Waals surface area (Å²) in [4.78, 5) is 20.4. The first-order chi connectivity index (χ1) is 11.7. The van der Waals surface area contributed by atoms with E-state index in [1.54, 1.807) is 6.07 Å². The van der Waals surface area contributed by atoms with Gasteiger partial charge >= 0.3 is 0 Å². The molecule has 122 valence electrons. The van der Waals surface area contributed by atoms with Crippen LogP contribution in [-0.2, 0) is 4.74 Å². The van der Waals surface area contributed by atoms with Crippen LogP contribution in [0.15, 0.2) is 29.3 Å². The molecule has 4 rings (SSSR count). The zero-order valence-electron chi connectivity index (χ0n) is 12.9. The van der Waals surface area contributed by atoms with Crippen molar-refractivity contribution in [3.63, 3.8) is 0 Å². The lowest BCUT2D eigenvalue weighted by Gasteiger charge is -2.21. The van der Waals surface area contributed by atoms with E-state index in [1.165, 1.54) is 17.1 Å². The van der Waals surface area contributed by atoms with E-state index in [9.17, 15) is 4.79 Å². The summed E-state index contributed by atoms with van der Waals surface area (Å²) in [5, 5.41) is 16.5. The molecule has 2 unspecified atom stereocenters. The summed E-state index contributed by atoms with van der Waals surface area (Å²) >= 11 is 0. The number of nitrogens with zero attached hydrogens (tertiary/aromatic N) is 5. The number of aromatic nitrogens is 4. The third-order valence-corrected chi connectivity index (χ3v) is 4.31. The minimum atomic E-state index is -0.200. The van der Waals surface area contributed by atoms with Crippen molar-refractivity contribution in [1.29, 1.82) is 5.26 Å². The van der Waals surface area contributed by atoms with E-state index in [4.69, 9.17) is 10.00 Å². The number of nitrogens with one attached hydrogen (secondary N) is 1. The third kappa shape index (κ3) is 2.86. The van der Waals surface area contributed by atoms with Crippen molar-refractivity contribution < 1.29 is 4.74 Å². The first-order valence-corrected chi connectivity index (χ1v) is 7.91. The first kappa shape index (κ1) is 14.8. The SMILES string of the molecule is N#Cc1cnc(NC2COCC2n2nc(C3CC3)ccc2=O)cn1. The Morgan fingerprint density at radius 3 is 2.83 bits per heavy atom. The number of rotatable bonds is 4. The maximum atomic E-state index is 12.2. The lowest BCUT2D eigenvalue weighted by Crippen LogP contribution is -2.37. The number of nitriles is 1. The van der Waals surface area contributed by atoms with E-state index in [2.05, 4.69) is 20.4 Å². The molecule has 2 aliphatic rings. The molecule has 1 N–H and O–H groups in total. The highest BCUT2D eigenvalue weighted by Crippen LogP contribution is 2.38. The predicted octanol–water partition coefficient (Wildman–Crippen LogP) is 0.834. The van der Waals surface area contributed by atoms with Gasteiger partial charge in [-0.05, 0) is 18.9 Å². The molecular weight excluding hydrogens is 308 g/mol. The van der Waals surface area contributed by atoms with Crippen LogP contribution in [0.1, 0.15) is 36.2 Å². The molecule has 1 saturated heterocycles. The van der Waals surface area contributed by atoms with Gasteiger partial charge in [-0.2, -0.15) is 10.4 Å². The molecule has 0 bridgehead atoms. The Bertz CT molecular complexity index is 837. The van der Waals surface area contributed by atoms with Crippen LogP contribution < -0.4 is 10.9 Å². The molecule has 2 aromatic heterocycles. The number of ether oxygens (including phenoxy) is 1. The van der Waals surface area contributed by atoms with Crippen LogP contribution in [0.3, 0.4) is 0 Å². The molecule has 8 heteroatoms. The zero-order chi connectivity index (χ0) is 16.5. The van der Waals surface area contributed by atoms with Gasteiger partial charge in [-0.1, -0.05) is 0 Å². The molecule has 1 aliphatic carbocycles. The van der Waals surface area contributed by atoms with Gasteiger partial charge in [-0.15, -0.1) is 0 Å². The maximum absolute atomic E-state index is 12.2. The predicted molar refractivity (Wildman–Crippen MR) is 84.5 cm³/mol. The van der Waals surface area contributed by atoms with Gasteiger partial charge in [0.05, 0.1) is 37.3 Å². The zero-order valence-corrected chi connectivity index (χ0v) is 12.9. The molecule has 0 amide bonds. The summed E-state index contributed by atoms with van der Waals surface area (Å²) in [6.07, 6.45) is 5.18. The summed E-state index contributed by atoms with van der Waals surface area (Å²) in [6.45, 7) is 0.872. The van der Waals surface area contributed by atoms with Crippen LogP contribution in [0.5, 0.6) is 0 Å². The Kier molecular flexibility index (Phi) is 3.70. The van der Waals surface area contributed by atoms with Crippen LogP contribution in [0.4, 0.5) is 5.82 Å². The third-order valence-electron chi connectivity index (χ3n) is 4.31. The van der Waals surface area contributed by atoms with Crippen molar-refractivity contribution in [3.05, 3.63) is 46.3 Å². The monoisotopic (exact) mass is 324 g/mol. The standard InChI is InChI=1S/C16H16N6O2/c17-5-11-6-19-15(7-18-11)20-13-8-24-9-14(13)22-16(23)4-3-12(21-22)10-1-2-10/h3-4,6-7,10,13-14H,1-2,8-9H2,(H,19,20). The second-order valence-corrected chi connectivity index (χ2v) is 6.07. The largest absolute Gasteiger partial charge is 0.377 e. The van der Waals surface area contributed by atoms with Crippen LogP contribution in [-0.4, -0.2) is 39.0 Å². The molecule has 1 aliphatic heterocycles. The van der Waals surface area contributed by atoms with Gasteiger partial charge < -0.3 is 10.1 Å². The minimum Gasteiger partial charge on any atom is -0.377 e. The fourth-order valence-electron chi connectivity index (χ4n) is 2.85. The average molecular weight is 324 g/mol. The van der Waals surface area contributed by atoms with Crippen molar-refractivity contribution in [3.8, 4) is 6.07 Å². The second kappa shape index (κ2) is 6.02. The van der Waals surface area contributed by atoms with Gasteiger partial charge in [0.1, 0.15) is 17.9 Å². The van der Waals surface area contributed by atoms with Crippen molar-refractivity contribution in [2.24, 2.45) is 0 Å². The lowest BCUT2D eigenvalue weighted by atomic mass is 10.1. The summed E-state index contributed by atoms with van der Waals surface area (Å²) < 4.78 is 7.07. The number of hydrogen-bond acceptors (Lipinski definition) is 7. The summed E-state index contributed by atoms with van der Waals surface area (Å²) in [5.74, 6) is 1.02. The Morgan fingerprint density at radius 2 is 2.12 bits per heavy atom. The highest BCUT2D eigenvalue weighted by atomic mass is 16.5. The summed E-state index contributed by atoms with van der Waals surface area (Å²) in [6, 6.07) is 5.00. The molecule has 2 fully saturated rings. The topological polar surface area (TPSA) is 106 Å². The van der Waals surface area contributed by atoms with E-state index in [0.717, 1.165) is 18.5 Å². The average Bonchev–Trinajstić information content (AvgIpc) is 3.36. The van der Waals surface area contributed by atoms with E-state index >= 15 is 0 Å². The van der Waals surface area contributed by atoms with E-state index in [-0.39, 0.29) is 23.3 Å². The quantitative estimate of drug-likeness (QED) is 0.888. The molecule has 0 radical (unpaired) electrons. The van der Waals surface area contributed by atoms with Gasteiger partial charge in [0, 0.05) is 12.0 Å². The lowest BCUT2D eigenvalue weighted by molar-refractivity contribution is 0.182. The fourth-order valence-corrected chi connectivity index (χ4v) is 2.85. The number of hydrogen-bond donors (Lipinski definition) is 1. The van der Waals surface area contributed by atoms with Crippen LogP contribution in [0, 0.1) is 11.3 Å². The molecule has 0 aromatic carbocycles. The van der Waals surface area contributed by atoms with Gasteiger partial charge in [0.2, 0.25) is 0 Å². The Balaban J connectivity index is 1.57. The van der Waals surface area contributed by atoms with Gasteiger partial charge in [0.15, 0.2) is 5.69 Å². The maximum Gasteiger partial charge on any atom is 0.267 e. The highest BCUT2D eigenvalue weighted by molar-refractivity contribution is 5.35. The molecule has 2 aromatic rings. The van der Waals surface area contributed by atoms with E-state index in [0.29, 0.717) is 24.9 Å². The summed E-state index contributed by atoms with van der Waals surface area (Å²) in [5.41, 5.74) is 1.10. The van der Waals surface area contributed by atoms with Crippen molar-refractivity contribution in [2.75, 3.05) is 18.5 Å². The van der Waals surface area contributed by atoms with Gasteiger partial charge in [0.25, 0.3) is 5.56 Å². The Labute approximate surface area is 138 Å². The number of anilines is 1. The van der Waals surface area contributed by atoms with Crippen LogP contribution in [0.25, 0.3) is 0 Å². The molecule has 24 heavy (non-hydrogen) atoms. The molecular formula is C16H16N6O2. The smallest absolute Gasteiger partial charge is 0.267 e. The highest BCUT2D eigenvalue weighted by Gasteiger charge is 2.33. The van der Waals surface area contributed by atoms with Gasteiger partial charge in [-0.25, -0.2) is 14.6 Å². The normalized spacial score (nSPS) is 23.0. The fraction of sp³-hybridized carbons (Fsp3) is 0.438. The van der Waals surface area contributed by atoms with Crippen molar-refractivity contribution >= 4 is 5.82 Å². The Hall–Kier alpha value is -2.79. The minimum absolute atomic E-state index is 0.132. The first-order valence-electron chi connectivity index (χ1n) is 7.91. The van der Waals surface area contributed by atoms with Crippen LogP contribution >= 0.6 is 0 Å². The van der Waals surface area contributed by atoms with E-state index in [1.807, 2.05) is 12.1 Å².